The smallest absolute Gasteiger partial charge is 0.338 e. The van der Waals surface area contributed by atoms with Gasteiger partial charge in [-0.15, -0.1) is 0 Å². The summed E-state index contributed by atoms with van der Waals surface area (Å²) < 4.78 is 47.8. The number of fused-ring (bicyclic) bond motifs is 1. The molecule has 3 bridgehead atoms. The van der Waals surface area contributed by atoms with Gasteiger partial charge in [0.15, 0.2) is 5.60 Å². The largest absolute Gasteiger partial charge is 0.462 e. The molecule has 73 heavy (non-hydrogen) atoms. The number of hydrogen-bond donors (Lipinski definition) is 3. The predicted molar refractivity (Wildman–Crippen MR) is 273 cm³/mol. The Balaban J connectivity index is 1.07. The number of carbonyl (C=O) groups is 3. The van der Waals surface area contributed by atoms with E-state index in [4.69, 9.17) is 33.2 Å². The van der Waals surface area contributed by atoms with Gasteiger partial charge in [0, 0.05) is 24.2 Å². The predicted octanol–water partition coefficient (Wildman–Crippen LogP) is 10.4. The number of unbranched alkanes of at least 4 members (excludes halogenated alkanes) is 12. The molecular formula is C60H84O13. The van der Waals surface area contributed by atoms with Crippen molar-refractivity contribution >= 4 is 17.9 Å². The number of esters is 3. The molecule has 2 aromatic carbocycles. The number of rotatable bonds is 22. The van der Waals surface area contributed by atoms with Crippen LogP contribution in [0.15, 0.2) is 72.8 Å². The molecule has 0 unspecified atom stereocenters. The molecule has 13 nitrogen and oxygen atoms in total. The van der Waals surface area contributed by atoms with E-state index in [-0.39, 0.29) is 37.4 Å². The summed E-state index contributed by atoms with van der Waals surface area (Å²) >= 11 is 0. The van der Waals surface area contributed by atoms with Crippen LogP contribution in [-0.4, -0.2) is 105 Å². The van der Waals surface area contributed by atoms with Crippen molar-refractivity contribution in [2.24, 2.45) is 35.5 Å². The minimum absolute atomic E-state index is 0.120. The van der Waals surface area contributed by atoms with Crippen molar-refractivity contribution < 1.29 is 62.9 Å². The summed E-state index contributed by atoms with van der Waals surface area (Å²) in [4.78, 5) is 42.2. The molecule has 7 fully saturated rings. The van der Waals surface area contributed by atoms with Gasteiger partial charge in [0.25, 0.3) is 0 Å². The molecule has 7 aliphatic rings. The van der Waals surface area contributed by atoms with Crippen LogP contribution in [0.1, 0.15) is 183 Å². The third kappa shape index (κ3) is 9.89. The molecule has 4 aliphatic heterocycles. The average molecular weight is 1010 g/mol. The lowest BCUT2D eigenvalue weighted by molar-refractivity contribution is -0.459. The molecule has 402 valence electrons. The van der Waals surface area contributed by atoms with Gasteiger partial charge in [-0.25, -0.2) is 9.59 Å². The molecule has 2 aromatic rings. The second-order valence-electron chi connectivity index (χ2n) is 23.3. The fraction of sp³-hybridized carbons (Fsp3) is 0.717. The molecule has 13 heteroatoms. The number of hydrogen-bond acceptors (Lipinski definition) is 13. The Hall–Kier alpha value is -3.69. The quantitative estimate of drug-likeness (QED) is 0.0334. The highest BCUT2D eigenvalue weighted by molar-refractivity contribution is 5.90. The van der Waals surface area contributed by atoms with Crippen LogP contribution in [0.4, 0.5) is 0 Å². The molecule has 2 spiro atoms. The lowest BCUT2D eigenvalue weighted by Crippen LogP contribution is -2.75. The number of epoxide rings is 1. The maximum absolute atomic E-state index is 14.4. The molecule has 4 heterocycles. The molecule has 3 saturated carbocycles. The van der Waals surface area contributed by atoms with Crippen LogP contribution in [-0.2, 0) is 38.0 Å². The minimum Gasteiger partial charge on any atom is -0.462 e. The van der Waals surface area contributed by atoms with Gasteiger partial charge in [0.2, 0.25) is 0 Å². The minimum atomic E-state index is -2.33. The molecule has 0 aromatic heterocycles. The van der Waals surface area contributed by atoms with Crippen molar-refractivity contribution in [1.82, 2.24) is 0 Å². The van der Waals surface area contributed by atoms with Gasteiger partial charge >= 0.3 is 23.9 Å². The zero-order valence-electron chi connectivity index (χ0n) is 44.0. The molecule has 9 rings (SSSR count). The fourth-order valence-corrected chi connectivity index (χ4v) is 14.9. The van der Waals surface area contributed by atoms with Crippen LogP contribution >= 0.6 is 0 Å². The summed E-state index contributed by atoms with van der Waals surface area (Å²) in [6, 6.07) is 17.3. The highest BCUT2D eigenvalue weighted by atomic mass is 16.9. The second-order valence-corrected chi connectivity index (χ2v) is 23.3. The van der Waals surface area contributed by atoms with Crippen molar-refractivity contribution in [3.05, 3.63) is 83.9 Å². The van der Waals surface area contributed by atoms with E-state index in [0.717, 1.165) is 44.9 Å². The molecule has 0 amide bonds. The standard InChI is InChI=1S/C60H84O13/c1-6-7-8-9-10-11-12-13-14-15-16-17-28-35-46(62)68-38-57-52(70-57)48-51-56(39(2)3)36-44(37-67-53(63)42-30-23-20-24-31-42)59(48)49-47(40(4)29-22-18-19-27-34-45(61)60(71-51,72-56)73-59)41(5)50(58(49,66)55(57)65)69-54(64)43-32-25-21-26-33-43/h20-21,23-26,30-33,40-41,44-45,47-52,55,61,65-66H,2,6-19,22,27-29,34-38H2,1,3-5H3/t40-,41+,44+,45-,47+,48-,49-,50+,51-,52+,55-,56-,57+,58-,59-,60-/m1/s1. The Bertz CT molecular complexity index is 2220. The van der Waals surface area contributed by atoms with E-state index in [9.17, 15) is 29.7 Å². The summed E-state index contributed by atoms with van der Waals surface area (Å²) in [5.41, 5.74) is -5.78. The lowest BCUT2D eigenvalue weighted by atomic mass is 9.51. The molecular weight excluding hydrogens is 929 g/mol. The van der Waals surface area contributed by atoms with Crippen LogP contribution < -0.4 is 0 Å². The van der Waals surface area contributed by atoms with E-state index >= 15 is 0 Å². The van der Waals surface area contributed by atoms with Crippen LogP contribution in [0.2, 0.25) is 0 Å². The molecule has 0 radical (unpaired) electrons. The van der Waals surface area contributed by atoms with Crippen LogP contribution in [0.25, 0.3) is 0 Å². The number of benzene rings is 2. The zero-order valence-corrected chi connectivity index (χ0v) is 44.0. The Labute approximate surface area is 433 Å². The summed E-state index contributed by atoms with van der Waals surface area (Å²) in [5, 5.41) is 40.3. The monoisotopic (exact) mass is 1010 g/mol. The van der Waals surface area contributed by atoms with Crippen LogP contribution in [0, 0.1) is 35.5 Å². The molecule has 16 atom stereocenters. The fourth-order valence-electron chi connectivity index (χ4n) is 14.9. The maximum Gasteiger partial charge on any atom is 0.338 e. The molecule has 3 N–H and O–H groups in total. The highest BCUT2D eigenvalue weighted by Gasteiger charge is 2.91. The van der Waals surface area contributed by atoms with E-state index in [0.29, 0.717) is 24.0 Å². The van der Waals surface area contributed by atoms with Gasteiger partial charge in [0.05, 0.1) is 23.3 Å². The number of aliphatic hydroxyl groups is 3. The van der Waals surface area contributed by atoms with Crippen molar-refractivity contribution in [2.75, 3.05) is 13.2 Å². The Morgan fingerprint density at radius 3 is 1.93 bits per heavy atom. The van der Waals surface area contributed by atoms with Crippen molar-refractivity contribution in [3.8, 4) is 0 Å². The molecule has 4 saturated heterocycles. The summed E-state index contributed by atoms with van der Waals surface area (Å²) in [6.07, 6.45) is 13.6. The van der Waals surface area contributed by atoms with Gasteiger partial charge in [-0.1, -0.05) is 173 Å². The van der Waals surface area contributed by atoms with Crippen LogP contribution in [0.3, 0.4) is 0 Å². The Kier molecular flexibility index (Phi) is 16.7. The van der Waals surface area contributed by atoms with E-state index in [1.54, 1.807) is 54.6 Å². The van der Waals surface area contributed by atoms with Gasteiger partial charge in [0.1, 0.15) is 48.3 Å². The third-order valence-electron chi connectivity index (χ3n) is 18.6. The van der Waals surface area contributed by atoms with Crippen molar-refractivity contribution in [3.63, 3.8) is 0 Å². The first-order valence-corrected chi connectivity index (χ1v) is 28.3. The molecule has 3 aliphatic carbocycles. The van der Waals surface area contributed by atoms with Crippen molar-refractivity contribution in [2.45, 2.75) is 221 Å². The third-order valence-corrected chi connectivity index (χ3v) is 18.6. The van der Waals surface area contributed by atoms with Gasteiger partial charge in [-0.2, -0.15) is 0 Å². The summed E-state index contributed by atoms with van der Waals surface area (Å²) in [5.74, 6) is -7.63. The Morgan fingerprint density at radius 2 is 1.32 bits per heavy atom. The normalized spacial score (nSPS) is 39.0. The maximum atomic E-state index is 14.4. The summed E-state index contributed by atoms with van der Waals surface area (Å²) in [7, 11) is 0. The highest BCUT2D eigenvalue weighted by Crippen LogP contribution is 2.76. The average Bonchev–Trinajstić information content (AvgIpc) is 4.02. The SMILES string of the molecule is C=C(C)[C@]12C[C@@H](COC(=O)c3ccccc3)[C@@]34O[C@]5(O[C@@H]1[C@@H]3[C@@H]1O[C@]1(COC(=O)CCCCCCCCCCCCCCC)[C@@H](O)[C@@]1(O)[C@H]4[C@H]([C@H](C)[C@@H]1OC(=O)c1ccccc1)[C@H](C)CCCCCC[C@H]5O)O2. The number of carbonyl (C=O) groups excluding carboxylic acids is 3. The number of aliphatic hydroxyl groups excluding tert-OH is 2. The first-order chi connectivity index (χ1) is 35.2. The number of ether oxygens (including phenoxy) is 7. The Morgan fingerprint density at radius 1 is 0.726 bits per heavy atom. The second kappa shape index (κ2) is 22.5. The van der Waals surface area contributed by atoms with Gasteiger partial charge in [-0.3, -0.25) is 4.79 Å². The van der Waals surface area contributed by atoms with E-state index in [1.807, 2.05) is 19.9 Å². The van der Waals surface area contributed by atoms with Crippen LogP contribution in [0.5, 0.6) is 0 Å². The first kappa shape index (κ1) is 54.1. The van der Waals surface area contributed by atoms with E-state index in [1.165, 1.54) is 57.8 Å². The van der Waals surface area contributed by atoms with Crippen molar-refractivity contribution in [1.29, 1.82) is 0 Å². The topological polar surface area (TPSA) is 180 Å². The first-order valence-electron chi connectivity index (χ1n) is 28.3. The van der Waals surface area contributed by atoms with Gasteiger partial charge < -0.3 is 48.5 Å². The zero-order chi connectivity index (χ0) is 51.6. The van der Waals surface area contributed by atoms with E-state index in [2.05, 4.69) is 20.4 Å². The van der Waals surface area contributed by atoms with Gasteiger partial charge in [-0.05, 0) is 73.8 Å². The summed E-state index contributed by atoms with van der Waals surface area (Å²) in [6.45, 7) is 12.1. The lowest BCUT2D eigenvalue weighted by Gasteiger charge is -2.62. The van der Waals surface area contributed by atoms with E-state index < -0.39 is 113 Å².